The fraction of sp³-hybridized carbons (Fsp3) is 0.222. The second-order valence-corrected chi connectivity index (χ2v) is 10.6. The summed E-state index contributed by atoms with van der Waals surface area (Å²) >= 11 is 0. The third kappa shape index (κ3) is 3.92. The normalized spacial score (nSPS) is 21.8. The van der Waals surface area contributed by atoms with E-state index >= 15 is 0 Å². The summed E-state index contributed by atoms with van der Waals surface area (Å²) in [5, 5.41) is 0. The molecule has 0 amide bonds. The molecule has 0 saturated heterocycles. The monoisotopic (exact) mass is 493 g/mol. The molecule has 3 aromatic carbocycles. The first-order valence-corrected chi connectivity index (χ1v) is 12.6. The largest absolute Gasteiger partial charge is 0.463 e. The predicted octanol–water partition coefficient (Wildman–Crippen LogP) is 4.75. The SMILES string of the molecule is COC(=O)C1=C[C@H](c2ccc(F)cc2)C[C@]2(O1)c1ccccc1CN2S(=O)(=O)c1ccc(C)cc1. The van der Waals surface area contributed by atoms with E-state index in [1.54, 1.807) is 42.5 Å². The Labute approximate surface area is 203 Å². The maximum Gasteiger partial charge on any atom is 0.373 e. The Morgan fingerprint density at radius 2 is 1.74 bits per heavy atom. The zero-order valence-corrected chi connectivity index (χ0v) is 20.1. The van der Waals surface area contributed by atoms with Crippen LogP contribution in [0.1, 0.15) is 34.6 Å². The number of hydrogen-bond donors (Lipinski definition) is 0. The lowest BCUT2D eigenvalue weighted by Gasteiger charge is -2.43. The van der Waals surface area contributed by atoms with Crippen LogP contribution in [0.5, 0.6) is 0 Å². The van der Waals surface area contributed by atoms with E-state index in [4.69, 9.17) is 9.47 Å². The van der Waals surface area contributed by atoms with Gasteiger partial charge in [-0.2, -0.15) is 0 Å². The number of carbonyl (C=O) groups excluding carboxylic acids is 1. The number of ether oxygens (including phenoxy) is 2. The highest BCUT2D eigenvalue weighted by Gasteiger charge is 2.56. The number of hydrogen-bond acceptors (Lipinski definition) is 5. The highest BCUT2D eigenvalue weighted by Crippen LogP contribution is 2.52. The van der Waals surface area contributed by atoms with Crippen molar-refractivity contribution >= 4 is 16.0 Å². The molecule has 6 nitrogen and oxygen atoms in total. The Kier molecular flexibility index (Phi) is 5.73. The highest BCUT2D eigenvalue weighted by molar-refractivity contribution is 7.89. The van der Waals surface area contributed by atoms with Gasteiger partial charge in [-0.3, -0.25) is 0 Å². The minimum absolute atomic E-state index is 0.0803. The molecule has 3 aromatic rings. The van der Waals surface area contributed by atoms with Crippen molar-refractivity contribution in [3.8, 4) is 0 Å². The van der Waals surface area contributed by atoms with Gasteiger partial charge in [0.1, 0.15) is 5.82 Å². The second-order valence-electron chi connectivity index (χ2n) is 8.75. The molecule has 0 fully saturated rings. The summed E-state index contributed by atoms with van der Waals surface area (Å²) in [7, 11) is -2.79. The van der Waals surface area contributed by atoms with Crippen LogP contribution in [0.3, 0.4) is 0 Å². The van der Waals surface area contributed by atoms with Crippen molar-refractivity contribution in [2.45, 2.75) is 36.4 Å². The van der Waals surface area contributed by atoms with Gasteiger partial charge in [0, 0.05) is 24.4 Å². The maximum atomic E-state index is 14.0. The smallest absolute Gasteiger partial charge is 0.373 e. The first kappa shape index (κ1) is 23.3. The van der Waals surface area contributed by atoms with Gasteiger partial charge in [0.25, 0.3) is 0 Å². The molecule has 0 unspecified atom stereocenters. The van der Waals surface area contributed by atoms with Crippen LogP contribution >= 0.6 is 0 Å². The second kappa shape index (κ2) is 8.62. The summed E-state index contributed by atoms with van der Waals surface area (Å²) in [5.74, 6) is -1.62. The summed E-state index contributed by atoms with van der Waals surface area (Å²) in [6, 6.07) is 19.9. The van der Waals surface area contributed by atoms with Gasteiger partial charge in [0.2, 0.25) is 21.5 Å². The summed E-state index contributed by atoms with van der Waals surface area (Å²) in [5.41, 5.74) is 1.62. The van der Waals surface area contributed by atoms with Gasteiger partial charge in [-0.25, -0.2) is 17.6 Å². The number of halogens is 1. The molecule has 0 radical (unpaired) electrons. The summed E-state index contributed by atoms with van der Waals surface area (Å²) in [6.07, 6.45) is 1.81. The molecule has 5 rings (SSSR count). The van der Waals surface area contributed by atoms with Gasteiger partial charge in [0.05, 0.1) is 12.0 Å². The number of rotatable bonds is 4. The number of carbonyl (C=O) groups is 1. The van der Waals surface area contributed by atoms with Crippen LogP contribution in [-0.2, 0) is 36.6 Å². The third-order valence-electron chi connectivity index (χ3n) is 6.58. The number of fused-ring (bicyclic) bond motifs is 2. The van der Waals surface area contributed by atoms with E-state index in [0.29, 0.717) is 5.56 Å². The Morgan fingerprint density at radius 3 is 2.43 bits per heavy atom. The van der Waals surface area contributed by atoms with Crippen molar-refractivity contribution in [3.63, 3.8) is 0 Å². The molecule has 0 saturated carbocycles. The van der Waals surface area contributed by atoms with E-state index in [0.717, 1.165) is 16.7 Å². The van der Waals surface area contributed by atoms with Gasteiger partial charge in [0.15, 0.2) is 0 Å². The molecular formula is C27H24FNO5S. The van der Waals surface area contributed by atoms with Gasteiger partial charge >= 0.3 is 5.97 Å². The molecule has 0 aliphatic carbocycles. The molecular weight excluding hydrogens is 469 g/mol. The first-order chi connectivity index (χ1) is 16.7. The Balaban J connectivity index is 1.69. The van der Waals surface area contributed by atoms with Crippen molar-refractivity contribution in [2.75, 3.05) is 7.11 Å². The zero-order valence-electron chi connectivity index (χ0n) is 19.3. The van der Waals surface area contributed by atoms with Crippen LogP contribution in [0, 0.1) is 12.7 Å². The molecule has 180 valence electrons. The standard InChI is InChI=1S/C27H24FNO5S/c1-18-7-13-23(14-8-18)35(31,32)29-17-20-5-3-4-6-24(20)27(29)16-21(15-25(34-27)26(30)33-2)19-9-11-22(28)12-10-19/h3-15,21H,16-17H2,1-2H3/t21-,27-/m0/s1. The predicted molar refractivity (Wildman–Crippen MR) is 127 cm³/mol. The number of benzene rings is 3. The van der Waals surface area contributed by atoms with E-state index in [9.17, 15) is 17.6 Å². The Hall–Kier alpha value is -3.49. The molecule has 0 aromatic heterocycles. The first-order valence-electron chi connectivity index (χ1n) is 11.2. The van der Waals surface area contributed by atoms with Crippen molar-refractivity contribution in [1.29, 1.82) is 0 Å². The molecule has 1 spiro atoms. The number of sulfonamides is 1. The Bertz CT molecular complexity index is 1420. The number of aryl methyl sites for hydroxylation is 1. The lowest BCUT2D eigenvalue weighted by molar-refractivity contribution is -0.154. The number of allylic oxidation sites excluding steroid dienone is 1. The molecule has 2 heterocycles. The Morgan fingerprint density at radius 1 is 1.06 bits per heavy atom. The van der Waals surface area contributed by atoms with Crippen molar-refractivity contribution in [2.24, 2.45) is 0 Å². The quantitative estimate of drug-likeness (QED) is 0.491. The minimum atomic E-state index is -4.03. The molecule has 0 bridgehead atoms. The van der Waals surface area contributed by atoms with Gasteiger partial charge in [-0.05, 0) is 48.4 Å². The average Bonchev–Trinajstić information content (AvgIpc) is 3.18. The van der Waals surface area contributed by atoms with E-state index in [1.165, 1.54) is 23.5 Å². The highest BCUT2D eigenvalue weighted by atomic mass is 32.2. The third-order valence-corrected chi connectivity index (χ3v) is 8.45. The summed E-state index contributed by atoms with van der Waals surface area (Å²) < 4.78 is 54.2. The lowest BCUT2D eigenvalue weighted by atomic mass is 9.84. The van der Waals surface area contributed by atoms with Crippen molar-refractivity contribution < 1.29 is 27.1 Å². The van der Waals surface area contributed by atoms with Crippen LogP contribution in [0.15, 0.2) is 89.5 Å². The fourth-order valence-corrected chi connectivity index (χ4v) is 6.46. The molecule has 35 heavy (non-hydrogen) atoms. The van der Waals surface area contributed by atoms with Crippen molar-refractivity contribution in [3.05, 3.63) is 113 Å². The van der Waals surface area contributed by atoms with Crippen LogP contribution < -0.4 is 0 Å². The maximum absolute atomic E-state index is 14.0. The van der Waals surface area contributed by atoms with Gasteiger partial charge in [-0.1, -0.05) is 54.1 Å². The molecule has 2 aliphatic rings. The molecule has 2 aliphatic heterocycles. The zero-order chi connectivity index (χ0) is 24.8. The minimum Gasteiger partial charge on any atom is -0.463 e. The van der Waals surface area contributed by atoms with Crippen LogP contribution in [0.4, 0.5) is 4.39 Å². The topological polar surface area (TPSA) is 72.9 Å². The van der Waals surface area contributed by atoms with Crippen LogP contribution in [0.25, 0.3) is 0 Å². The number of methoxy groups -OCH3 is 1. The molecule has 2 atom stereocenters. The van der Waals surface area contributed by atoms with E-state index in [2.05, 4.69) is 0 Å². The molecule has 0 N–H and O–H groups in total. The van der Waals surface area contributed by atoms with E-state index < -0.39 is 27.6 Å². The van der Waals surface area contributed by atoms with Gasteiger partial charge < -0.3 is 9.47 Å². The van der Waals surface area contributed by atoms with E-state index in [-0.39, 0.29) is 29.4 Å². The van der Waals surface area contributed by atoms with E-state index in [1.807, 2.05) is 31.2 Å². The van der Waals surface area contributed by atoms with Crippen LogP contribution in [0.2, 0.25) is 0 Å². The van der Waals surface area contributed by atoms with Crippen LogP contribution in [-0.4, -0.2) is 25.8 Å². The number of nitrogens with zero attached hydrogens (tertiary/aromatic N) is 1. The van der Waals surface area contributed by atoms with Gasteiger partial charge in [-0.15, -0.1) is 4.31 Å². The molecule has 8 heteroatoms. The fourth-order valence-electron chi connectivity index (χ4n) is 4.82. The van der Waals surface area contributed by atoms with Crippen molar-refractivity contribution in [1.82, 2.24) is 4.31 Å². The summed E-state index contributed by atoms with van der Waals surface area (Å²) in [4.78, 5) is 12.8. The summed E-state index contributed by atoms with van der Waals surface area (Å²) in [6.45, 7) is 1.96. The lowest BCUT2D eigenvalue weighted by Crippen LogP contribution is -2.49. The average molecular weight is 494 g/mol. The number of esters is 1.